The summed E-state index contributed by atoms with van der Waals surface area (Å²) >= 11 is 0. The van der Waals surface area contributed by atoms with E-state index in [0.29, 0.717) is 12.3 Å². The first kappa shape index (κ1) is 46.2. The maximum absolute atomic E-state index is 13.1. The number of aliphatic hydroxyl groups is 7. The van der Waals surface area contributed by atoms with Gasteiger partial charge in [-0.2, -0.15) is 0 Å². The normalized spacial score (nSPS) is 54.3. The first-order valence-corrected chi connectivity index (χ1v) is 23.0. The minimum Gasteiger partial charge on any atom is -0.481 e. The third-order valence-corrected chi connectivity index (χ3v) is 18.5. The number of hydrogen-bond acceptors (Lipinski definition) is 14. The Kier molecular flexibility index (Phi) is 12.1. The lowest BCUT2D eigenvalue weighted by Crippen LogP contribution is -2.66. The Morgan fingerprint density at radius 1 is 0.672 bits per heavy atom. The Morgan fingerprint density at radius 2 is 1.31 bits per heavy atom. The molecule has 8 aliphatic rings. The van der Waals surface area contributed by atoms with Crippen LogP contribution in [0.1, 0.15) is 120 Å². The molecule has 0 radical (unpaired) electrons. The summed E-state index contributed by atoms with van der Waals surface area (Å²) in [6, 6.07) is 0. The summed E-state index contributed by atoms with van der Waals surface area (Å²) in [5.74, 6) is 0.0702. The SMILES string of the molecule is C[C@@H]1O[C@@H](O[C@H]2[C@H](O[C@H]3CC[C@]4(C)[C@H]5CC=C6[C@@H]7CC(C)(C)CC[C@]7(C(=O)O)CC[C@]6(C)[C@]5(C)CC[C@H]4C3(C)C)OC[C@H](O)[C@@H]2O)[C@H](O)[C@H](O[C@@H]2OC[C@@H](O)[C@@H](O)[C@H]2O)[C@H]1O. The van der Waals surface area contributed by atoms with Gasteiger partial charge in [-0.15, -0.1) is 0 Å². The predicted octanol–water partition coefficient (Wildman–Crippen LogP) is 3.01. The van der Waals surface area contributed by atoms with E-state index in [9.17, 15) is 45.6 Å². The molecule has 8 rings (SSSR count). The standard InChI is InChI=1S/C46H74O15/c1-22-30(49)35(60-37-33(52)31(50)25(47)20-56-37)34(53)38(58-22)61-36-32(51)26(48)21-57-39(36)59-29-12-13-43(6)27(42(29,4)5)11-14-45(8)28(43)10-9-23-24-19-41(2,3)15-17-46(24,40(54)55)18-16-44(23,45)7/h9,22,24-39,47-53H,10-21H2,1-8H3,(H,54,55)/t22-,24-,25+,26-,27-,28+,29-,30-,31+,32-,33+,34+,35+,36+,37-,38-,39-,43-,44-,45+,46-/m0/s1. The zero-order chi connectivity index (χ0) is 44.4. The van der Waals surface area contributed by atoms with Crippen molar-refractivity contribution in [2.24, 2.45) is 50.2 Å². The van der Waals surface area contributed by atoms with Crippen molar-refractivity contribution in [1.82, 2.24) is 0 Å². The number of aliphatic carboxylic acids is 1. The van der Waals surface area contributed by atoms with Crippen LogP contribution in [0.15, 0.2) is 11.6 Å². The van der Waals surface area contributed by atoms with E-state index in [4.69, 9.17) is 28.4 Å². The molecule has 348 valence electrons. The van der Waals surface area contributed by atoms with E-state index in [2.05, 4.69) is 54.5 Å². The maximum atomic E-state index is 13.1. The van der Waals surface area contributed by atoms with Gasteiger partial charge in [0.15, 0.2) is 18.9 Å². The van der Waals surface area contributed by atoms with E-state index in [-0.39, 0.29) is 58.2 Å². The summed E-state index contributed by atoms with van der Waals surface area (Å²) in [5, 5.41) is 85.9. The van der Waals surface area contributed by atoms with Crippen LogP contribution in [0.25, 0.3) is 0 Å². The molecule has 0 amide bonds. The van der Waals surface area contributed by atoms with E-state index in [1.165, 1.54) is 12.5 Å². The Labute approximate surface area is 360 Å². The Morgan fingerprint density at radius 3 is 2.00 bits per heavy atom. The molecular formula is C46H74O15. The molecular weight excluding hydrogens is 792 g/mol. The molecule has 15 heteroatoms. The molecule has 0 aromatic heterocycles. The molecule has 61 heavy (non-hydrogen) atoms. The zero-order valence-corrected chi connectivity index (χ0v) is 37.3. The smallest absolute Gasteiger partial charge is 0.310 e. The number of aliphatic hydroxyl groups excluding tert-OH is 7. The fraction of sp³-hybridized carbons (Fsp3) is 0.935. The lowest BCUT2D eigenvalue weighted by atomic mass is 9.33. The molecule has 21 atom stereocenters. The van der Waals surface area contributed by atoms with Gasteiger partial charge in [0.1, 0.15) is 54.9 Å². The molecule has 7 fully saturated rings. The summed E-state index contributed by atoms with van der Waals surface area (Å²) in [6.45, 7) is 17.5. The zero-order valence-electron chi connectivity index (χ0n) is 37.3. The van der Waals surface area contributed by atoms with Gasteiger partial charge in [0.2, 0.25) is 0 Å². The first-order chi connectivity index (χ1) is 28.4. The van der Waals surface area contributed by atoms with Gasteiger partial charge in [-0.25, -0.2) is 0 Å². The molecule has 0 spiro atoms. The molecule has 3 aliphatic heterocycles. The highest BCUT2D eigenvalue weighted by Gasteiger charge is 2.69. The molecule has 3 saturated heterocycles. The van der Waals surface area contributed by atoms with Crippen molar-refractivity contribution in [3.05, 3.63) is 11.6 Å². The highest BCUT2D eigenvalue weighted by molar-refractivity contribution is 5.76. The number of rotatable bonds is 7. The molecule has 8 N–H and O–H groups in total. The van der Waals surface area contributed by atoms with Gasteiger partial charge in [-0.1, -0.05) is 60.1 Å². The lowest BCUT2D eigenvalue weighted by molar-refractivity contribution is -0.378. The third-order valence-electron chi connectivity index (χ3n) is 18.5. The van der Waals surface area contributed by atoms with Gasteiger partial charge < -0.3 is 69.3 Å². The van der Waals surface area contributed by atoms with Gasteiger partial charge in [0.05, 0.1) is 30.8 Å². The predicted molar refractivity (Wildman–Crippen MR) is 217 cm³/mol. The molecule has 15 nitrogen and oxygen atoms in total. The van der Waals surface area contributed by atoms with Crippen LogP contribution in [0.4, 0.5) is 0 Å². The van der Waals surface area contributed by atoms with E-state index in [0.717, 1.165) is 57.8 Å². The van der Waals surface area contributed by atoms with E-state index < -0.39 is 91.3 Å². The van der Waals surface area contributed by atoms with Gasteiger partial charge in [-0.3, -0.25) is 4.79 Å². The molecule has 0 bridgehead atoms. The Balaban J connectivity index is 1.00. The fourth-order valence-electron chi connectivity index (χ4n) is 14.5. The van der Waals surface area contributed by atoms with Gasteiger partial charge in [-0.05, 0) is 116 Å². The molecule has 0 aromatic carbocycles. The van der Waals surface area contributed by atoms with Crippen LogP contribution in [0, 0.1) is 50.2 Å². The third kappa shape index (κ3) is 7.21. The van der Waals surface area contributed by atoms with Crippen molar-refractivity contribution in [3.63, 3.8) is 0 Å². The fourth-order valence-corrected chi connectivity index (χ4v) is 14.5. The van der Waals surface area contributed by atoms with E-state index in [1.807, 2.05) is 0 Å². The van der Waals surface area contributed by atoms with Crippen molar-refractivity contribution >= 4 is 5.97 Å². The molecule has 3 heterocycles. The van der Waals surface area contributed by atoms with Crippen LogP contribution < -0.4 is 0 Å². The van der Waals surface area contributed by atoms with Crippen molar-refractivity contribution in [2.75, 3.05) is 13.2 Å². The van der Waals surface area contributed by atoms with Gasteiger partial charge in [0.25, 0.3) is 0 Å². The summed E-state index contributed by atoms with van der Waals surface area (Å²) in [5.41, 5.74) is 0.298. The number of hydrogen-bond donors (Lipinski definition) is 8. The van der Waals surface area contributed by atoms with E-state index in [1.54, 1.807) is 0 Å². The monoisotopic (exact) mass is 867 g/mol. The number of carboxylic acid groups (broad SMARTS) is 1. The molecule has 5 aliphatic carbocycles. The topological polar surface area (TPSA) is 234 Å². The minimum atomic E-state index is -1.69. The summed E-state index contributed by atoms with van der Waals surface area (Å²) < 4.78 is 36.2. The van der Waals surface area contributed by atoms with Crippen molar-refractivity contribution in [2.45, 2.75) is 206 Å². The van der Waals surface area contributed by atoms with Crippen LogP contribution in [-0.2, 0) is 33.2 Å². The van der Waals surface area contributed by atoms with Crippen molar-refractivity contribution in [3.8, 4) is 0 Å². The molecule has 0 aromatic rings. The summed E-state index contributed by atoms with van der Waals surface area (Å²) in [7, 11) is 0. The van der Waals surface area contributed by atoms with Crippen LogP contribution in [-0.4, -0.2) is 146 Å². The summed E-state index contributed by atoms with van der Waals surface area (Å²) in [6.07, 6.45) is -7.57. The second kappa shape index (κ2) is 15.9. The van der Waals surface area contributed by atoms with Crippen LogP contribution in [0.3, 0.4) is 0 Å². The van der Waals surface area contributed by atoms with Crippen molar-refractivity contribution < 1.29 is 74.1 Å². The Bertz CT molecular complexity index is 1670. The number of allylic oxidation sites excluding steroid dienone is 2. The number of ether oxygens (including phenoxy) is 6. The number of fused-ring (bicyclic) bond motifs is 7. The minimum absolute atomic E-state index is 0.0145. The summed E-state index contributed by atoms with van der Waals surface area (Å²) in [4.78, 5) is 13.1. The average molecular weight is 867 g/mol. The average Bonchev–Trinajstić information content (AvgIpc) is 3.18. The van der Waals surface area contributed by atoms with Crippen LogP contribution in [0.2, 0.25) is 0 Å². The highest BCUT2D eigenvalue weighted by Crippen LogP contribution is 2.76. The van der Waals surface area contributed by atoms with E-state index >= 15 is 0 Å². The van der Waals surface area contributed by atoms with Crippen molar-refractivity contribution in [1.29, 1.82) is 0 Å². The second-order valence-corrected chi connectivity index (χ2v) is 22.6. The number of carbonyl (C=O) groups is 1. The lowest BCUT2D eigenvalue weighted by Gasteiger charge is -2.71. The first-order valence-electron chi connectivity index (χ1n) is 23.0. The largest absolute Gasteiger partial charge is 0.481 e. The highest BCUT2D eigenvalue weighted by atomic mass is 16.8. The Hall–Kier alpha value is -1.31. The van der Waals surface area contributed by atoms with Gasteiger partial charge >= 0.3 is 5.97 Å². The maximum Gasteiger partial charge on any atom is 0.310 e. The van der Waals surface area contributed by atoms with Crippen LogP contribution in [0.5, 0.6) is 0 Å². The molecule has 4 saturated carbocycles. The molecule has 0 unspecified atom stereocenters. The van der Waals surface area contributed by atoms with Gasteiger partial charge in [0, 0.05) is 0 Å². The quantitative estimate of drug-likeness (QED) is 0.136. The second-order valence-electron chi connectivity index (χ2n) is 22.6. The number of carboxylic acids is 1. The van der Waals surface area contributed by atoms with Crippen LogP contribution >= 0.6 is 0 Å².